The lowest BCUT2D eigenvalue weighted by molar-refractivity contribution is 0.0923. The van der Waals surface area contributed by atoms with Crippen LogP contribution in [-0.2, 0) is 13.2 Å². The number of ketones is 1. The van der Waals surface area contributed by atoms with Crippen LogP contribution in [0.15, 0.2) is 60.7 Å². The maximum Gasteiger partial charge on any atom is 0.180 e. The number of carbonyl (C=O) groups excluding carboxylic acids is 1. The largest absolute Gasteiger partial charge is 0.497 e. The van der Waals surface area contributed by atoms with Gasteiger partial charge in [-0.3, -0.25) is 4.79 Å². The molecule has 0 spiro atoms. The fourth-order valence-electron chi connectivity index (χ4n) is 5.25. The van der Waals surface area contributed by atoms with E-state index in [0.29, 0.717) is 35.1 Å². The van der Waals surface area contributed by atoms with E-state index in [9.17, 15) is 4.79 Å². The van der Waals surface area contributed by atoms with Gasteiger partial charge in [0, 0.05) is 18.5 Å². The third-order valence-corrected chi connectivity index (χ3v) is 7.84. The number of hydrogen-bond donors (Lipinski definition) is 0. The maximum atomic E-state index is 13.4. The molecule has 7 heteroatoms. The van der Waals surface area contributed by atoms with Gasteiger partial charge in [0.05, 0.1) is 19.2 Å². The molecule has 6 nitrogen and oxygen atoms in total. The van der Waals surface area contributed by atoms with Gasteiger partial charge in [0.2, 0.25) is 0 Å². The van der Waals surface area contributed by atoms with Gasteiger partial charge in [-0.25, -0.2) is 0 Å². The highest BCUT2D eigenvalue weighted by Crippen LogP contribution is 2.45. The second-order valence-electron chi connectivity index (χ2n) is 9.90. The molecule has 5 rings (SSSR count). The average Bonchev–Trinajstić information content (AvgIpc) is 3.52. The average molecular weight is 522 g/mol. The van der Waals surface area contributed by atoms with Gasteiger partial charge in [0.15, 0.2) is 17.3 Å². The Hall–Kier alpha value is -3.22. The van der Waals surface area contributed by atoms with Gasteiger partial charge in [-0.1, -0.05) is 35.9 Å². The normalized spacial score (nSPS) is 20.0. The summed E-state index contributed by atoms with van der Waals surface area (Å²) >= 11 is 6.86. The van der Waals surface area contributed by atoms with E-state index >= 15 is 0 Å². The number of nitrogens with zero attached hydrogens (tertiary/aromatic N) is 1. The molecule has 2 aliphatic heterocycles. The fourth-order valence-corrected chi connectivity index (χ4v) is 5.56. The smallest absolute Gasteiger partial charge is 0.180 e. The summed E-state index contributed by atoms with van der Waals surface area (Å²) in [5, 5.41) is 0.301. The van der Waals surface area contributed by atoms with Crippen molar-refractivity contribution in [3.05, 3.63) is 82.4 Å². The second-order valence-corrected chi connectivity index (χ2v) is 10.3. The number of hydrogen-bond acceptors (Lipinski definition) is 6. The van der Waals surface area contributed by atoms with E-state index in [1.165, 1.54) is 0 Å². The fraction of sp³-hybridized carbons (Fsp3) is 0.367. The van der Waals surface area contributed by atoms with Crippen LogP contribution in [0.3, 0.4) is 0 Å². The molecule has 2 saturated heterocycles. The molecule has 0 unspecified atom stereocenters. The molecular weight excluding hydrogens is 490 g/mol. The van der Waals surface area contributed by atoms with Crippen molar-refractivity contribution in [3.63, 3.8) is 0 Å². The van der Waals surface area contributed by atoms with E-state index in [2.05, 4.69) is 4.90 Å². The third kappa shape index (κ3) is 5.71. The van der Waals surface area contributed by atoms with E-state index in [0.717, 1.165) is 55.1 Å². The summed E-state index contributed by atoms with van der Waals surface area (Å²) in [6.45, 7) is 3.76. The topological polar surface area (TPSA) is 57.2 Å². The first kappa shape index (κ1) is 25.4. The van der Waals surface area contributed by atoms with Gasteiger partial charge in [-0.05, 0) is 78.9 Å². The number of rotatable bonds is 11. The summed E-state index contributed by atoms with van der Waals surface area (Å²) in [7, 11) is 3.27. The number of benzene rings is 3. The van der Waals surface area contributed by atoms with Crippen LogP contribution in [0.5, 0.6) is 23.0 Å². The predicted molar refractivity (Wildman–Crippen MR) is 143 cm³/mol. The van der Waals surface area contributed by atoms with Crippen LogP contribution >= 0.6 is 11.6 Å². The molecule has 0 atom stereocenters. The Morgan fingerprint density at radius 3 is 1.92 bits per heavy atom. The van der Waals surface area contributed by atoms with Crippen LogP contribution in [0.25, 0.3) is 0 Å². The van der Waals surface area contributed by atoms with Crippen molar-refractivity contribution in [2.24, 2.45) is 5.41 Å². The maximum absolute atomic E-state index is 13.4. The van der Waals surface area contributed by atoms with Crippen molar-refractivity contribution in [1.82, 2.24) is 4.90 Å². The Bertz CT molecular complexity index is 1230. The lowest BCUT2D eigenvalue weighted by atomic mass is 9.79. The number of piperidine rings is 1. The molecule has 0 N–H and O–H groups in total. The van der Waals surface area contributed by atoms with Gasteiger partial charge in [0.1, 0.15) is 24.7 Å². The standard InChI is InChI=1S/C30H32ClNO5/c1-34-23-7-3-21(4-8-23)18-36-27-12-11-25(26(33)17-30-13-15-32(20-30)16-14-30)28(31)29(27)37-19-22-5-9-24(35-2)10-6-22/h3-12H,13-20H2,1-2H3. The van der Waals surface area contributed by atoms with Gasteiger partial charge >= 0.3 is 0 Å². The molecule has 0 radical (unpaired) electrons. The molecule has 3 aromatic carbocycles. The number of carbonyl (C=O) groups is 1. The minimum atomic E-state index is 0.0600. The monoisotopic (exact) mass is 521 g/mol. The minimum Gasteiger partial charge on any atom is -0.497 e. The molecule has 2 fully saturated rings. The molecule has 2 aliphatic rings. The predicted octanol–water partition coefficient (Wildman–Crippen LogP) is 6.18. The molecule has 2 bridgehead atoms. The van der Waals surface area contributed by atoms with E-state index in [4.69, 9.17) is 30.5 Å². The summed E-state index contributed by atoms with van der Waals surface area (Å²) in [6, 6.07) is 18.9. The quantitative estimate of drug-likeness (QED) is 0.281. The molecule has 3 aromatic rings. The second kappa shape index (κ2) is 11.0. The first-order chi connectivity index (χ1) is 18.0. The SMILES string of the molecule is COc1ccc(COc2ccc(C(=O)CC34CCN(CC3)C4)c(Cl)c2OCc2ccc(OC)cc2)cc1. The van der Waals surface area contributed by atoms with Crippen molar-refractivity contribution < 1.29 is 23.7 Å². The lowest BCUT2D eigenvalue weighted by Gasteiger charge is -2.24. The molecule has 0 amide bonds. The highest BCUT2D eigenvalue weighted by molar-refractivity contribution is 6.35. The zero-order valence-electron chi connectivity index (χ0n) is 21.3. The van der Waals surface area contributed by atoms with Crippen LogP contribution in [-0.4, -0.2) is 44.5 Å². The van der Waals surface area contributed by atoms with Gasteiger partial charge in [-0.2, -0.15) is 0 Å². The molecule has 0 saturated carbocycles. The zero-order valence-corrected chi connectivity index (χ0v) is 22.1. The number of ether oxygens (including phenoxy) is 4. The highest BCUT2D eigenvalue weighted by Gasteiger charge is 2.45. The van der Waals surface area contributed by atoms with E-state index in [1.54, 1.807) is 26.4 Å². The van der Waals surface area contributed by atoms with Crippen LogP contribution in [0, 0.1) is 5.41 Å². The van der Waals surface area contributed by atoms with Crippen LogP contribution in [0.2, 0.25) is 5.02 Å². The number of methoxy groups -OCH3 is 2. The Morgan fingerprint density at radius 2 is 1.41 bits per heavy atom. The van der Waals surface area contributed by atoms with Crippen LogP contribution in [0.1, 0.15) is 40.7 Å². The van der Waals surface area contributed by atoms with Crippen molar-refractivity contribution in [2.45, 2.75) is 32.5 Å². The Morgan fingerprint density at radius 1 is 0.838 bits per heavy atom. The molecule has 2 heterocycles. The number of Topliss-reactive ketones (excluding diaryl/α,β-unsaturated/α-hetero) is 1. The summed E-state index contributed by atoms with van der Waals surface area (Å²) in [6.07, 6.45) is 2.65. The molecule has 0 aliphatic carbocycles. The van der Waals surface area contributed by atoms with Gasteiger partial charge in [-0.15, -0.1) is 0 Å². The minimum absolute atomic E-state index is 0.0600. The van der Waals surface area contributed by atoms with Crippen LogP contribution in [0.4, 0.5) is 0 Å². The third-order valence-electron chi connectivity index (χ3n) is 7.47. The van der Waals surface area contributed by atoms with Gasteiger partial charge < -0.3 is 23.8 Å². The van der Waals surface area contributed by atoms with Crippen molar-refractivity contribution in [3.8, 4) is 23.0 Å². The van der Waals surface area contributed by atoms with E-state index in [-0.39, 0.29) is 17.8 Å². The Labute approximate surface area is 223 Å². The Kier molecular flexibility index (Phi) is 7.58. The summed E-state index contributed by atoms with van der Waals surface area (Å²) < 4.78 is 22.8. The number of halogens is 1. The van der Waals surface area contributed by atoms with E-state index < -0.39 is 0 Å². The van der Waals surface area contributed by atoms with Crippen molar-refractivity contribution >= 4 is 17.4 Å². The highest BCUT2D eigenvalue weighted by atomic mass is 35.5. The van der Waals surface area contributed by atoms with Crippen molar-refractivity contribution in [2.75, 3.05) is 33.9 Å². The van der Waals surface area contributed by atoms with Gasteiger partial charge in [0.25, 0.3) is 0 Å². The van der Waals surface area contributed by atoms with Crippen LogP contribution < -0.4 is 18.9 Å². The summed E-state index contributed by atoms with van der Waals surface area (Å²) in [4.78, 5) is 15.9. The molecular formula is C30H32ClNO5. The number of fused-ring (bicyclic) bond motifs is 2. The molecule has 37 heavy (non-hydrogen) atoms. The summed E-state index contributed by atoms with van der Waals surface area (Å²) in [5.74, 6) is 2.50. The van der Waals surface area contributed by atoms with Crippen molar-refractivity contribution in [1.29, 1.82) is 0 Å². The first-order valence-corrected chi connectivity index (χ1v) is 13.0. The first-order valence-electron chi connectivity index (χ1n) is 12.6. The van der Waals surface area contributed by atoms with E-state index in [1.807, 2.05) is 48.5 Å². The molecule has 194 valence electrons. The zero-order chi connectivity index (χ0) is 25.8. The Balaban J connectivity index is 1.37. The summed E-state index contributed by atoms with van der Waals surface area (Å²) in [5.41, 5.74) is 2.49. The lowest BCUT2D eigenvalue weighted by Crippen LogP contribution is -2.23. The molecule has 0 aromatic heterocycles.